The monoisotopic (exact) mass is 494 g/mol. The fourth-order valence-electron chi connectivity index (χ4n) is 3.49. The van der Waals surface area contributed by atoms with Crippen molar-refractivity contribution in [2.75, 3.05) is 0 Å². The fourth-order valence-corrected chi connectivity index (χ4v) is 3.49. The Hall–Kier alpha value is -5.52. The number of hydrogen-bond acceptors (Lipinski definition) is 6. The van der Waals surface area contributed by atoms with Crippen LogP contribution in [-0.2, 0) is 0 Å². The van der Waals surface area contributed by atoms with Crippen molar-refractivity contribution in [2.45, 2.75) is 0 Å². The van der Waals surface area contributed by atoms with Crippen molar-refractivity contribution in [3.05, 3.63) is 81.9 Å². The number of aromatic carboxylic acids is 6. The molecule has 0 heterocycles. The maximum absolute atomic E-state index is 12.0. The minimum Gasteiger partial charge on any atom is -0.478 e. The van der Waals surface area contributed by atoms with Crippen LogP contribution >= 0.6 is 0 Å². The van der Waals surface area contributed by atoms with Gasteiger partial charge in [0.15, 0.2) is 0 Å². The van der Waals surface area contributed by atoms with Crippen molar-refractivity contribution in [2.24, 2.45) is 0 Å². The second kappa shape index (κ2) is 9.38. The summed E-state index contributed by atoms with van der Waals surface area (Å²) in [5, 5.41) is 56.8. The second-order valence-corrected chi connectivity index (χ2v) is 7.37. The highest BCUT2D eigenvalue weighted by atomic mass is 16.4. The quantitative estimate of drug-likeness (QED) is 0.265. The number of hydrogen-bond donors (Lipinski definition) is 6. The average Bonchev–Trinajstić information content (AvgIpc) is 2.82. The Balaban J connectivity index is 2.47. The van der Waals surface area contributed by atoms with E-state index in [2.05, 4.69) is 0 Å². The van der Waals surface area contributed by atoms with Gasteiger partial charge in [0.1, 0.15) is 0 Å². The number of carboxylic acid groups (broad SMARTS) is 6. The van der Waals surface area contributed by atoms with Crippen LogP contribution in [-0.4, -0.2) is 66.5 Å². The first-order valence-electron chi connectivity index (χ1n) is 9.69. The molecule has 36 heavy (non-hydrogen) atoms. The van der Waals surface area contributed by atoms with E-state index in [4.69, 9.17) is 0 Å². The van der Waals surface area contributed by atoms with Crippen LogP contribution in [0.25, 0.3) is 22.3 Å². The van der Waals surface area contributed by atoms with E-state index in [0.717, 1.165) is 48.5 Å². The molecule has 0 aliphatic rings. The molecule has 12 heteroatoms. The molecule has 3 rings (SSSR count). The maximum Gasteiger partial charge on any atom is 0.336 e. The third-order valence-corrected chi connectivity index (χ3v) is 5.09. The highest BCUT2D eigenvalue weighted by Crippen LogP contribution is 2.35. The fraction of sp³-hybridized carbons (Fsp3) is 0. The number of carbonyl (C=O) groups is 6. The van der Waals surface area contributed by atoms with Crippen LogP contribution in [0, 0.1) is 0 Å². The van der Waals surface area contributed by atoms with E-state index in [-0.39, 0.29) is 22.3 Å². The van der Waals surface area contributed by atoms with Gasteiger partial charge >= 0.3 is 35.8 Å². The highest BCUT2D eigenvalue weighted by Gasteiger charge is 2.24. The van der Waals surface area contributed by atoms with Crippen LogP contribution < -0.4 is 0 Å². The summed E-state index contributed by atoms with van der Waals surface area (Å²) in [5.74, 6) is -9.31. The summed E-state index contributed by atoms with van der Waals surface area (Å²) in [6, 6.07) is 7.35. The molecule has 0 fully saturated rings. The molecule has 0 aliphatic heterocycles. The lowest BCUT2D eigenvalue weighted by molar-refractivity contribution is 0.0676. The predicted octanol–water partition coefficient (Wildman–Crippen LogP) is 3.21. The SMILES string of the molecule is O=C(O)c1cc(C(=O)O)cc(-c2cc(-c3cc(C(=O)O)cc(C(=O)O)c3)c(C(=O)O)cc2C(=O)O)c1. The number of benzene rings is 3. The summed E-state index contributed by atoms with van der Waals surface area (Å²) in [6.07, 6.45) is 0. The first-order valence-corrected chi connectivity index (χ1v) is 9.69. The van der Waals surface area contributed by atoms with Crippen LogP contribution in [0.3, 0.4) is 0 Å². The van der Waals surface area contributed by atoms with Crippen LogP contribution in [0.1, 0.15) is 62.1 Å². The maximum atomic E-state index is 12.0. The lowest BCUT2D eigenvalue weighted by atomic mass is 9.88. The third-order valence-electron chi connectivity index (χ3n) is 5.09. The van der Waals surface area contributed by atoms with E-state index < -0.39 is 69.2 Å². The van der Waals surface area contributed by atoms with E-state index >= 15 is 0 Å². The van der Waals surface area contributed by atoms with E-state index in [1.54, 1.807) is 0 Å². The normalized spacial score (nSPS) is 10.4. The molecule has 0 bridgehead atoms. The van der Waals surface area contributed by atoms with Gasteiger partial charge in [0.05, 0.1) is 33.4 Å². The van der Waals surface area contributed by atoms with Gasteiger partial charge in [-0.15, -0.1) is 0 Å². The van der Waals surface area contributed by atoms with Crippen LogP contribution in [0.15, 0.2) is 48.5 Å². The highest BCUT2D eigenvalue weighted by molar-refractivity contribution is 6.06. The van der Waals surface area contributed by atoms with Crippen molar-refractivity contribution >= 4 is 35.8 Å². The van der Waals surface area contributed by atoms with Gasteiger partial charge < -0.3 is 30.6 Å². The van der Waals surface area contributed by atoms with Gasteiger partial charge in [-0.2, -0.15) is 0 Å². The van der Waals surface area contributed by atoms with Gasteiger partial charge in [0, 0.05) is 0 Å². The number of carboxylic acids is 6. The largest absolute Gasteiger partial charge is 0.478 e. The topological polar surface area (TPSA) is 224 Å². The smallest absolute Gasteiger partial charge is 0.336 e. The second-order valence-electron chi connectivity index (χ2n) is 7.37. The average molecular weight is 494 g/mol. The molecule has 0 atom stereocenters. The van der Waals surface area contributed by atoms with Crippen molar-refractivity contribution in [1.82, 2.24) is 0 Å². The molecular weight excluding hydrogens is 480 g/mol. The molecule has 3 aromatic rings. The van der Waals surface area contributed by atoms with E-state index in [1.807, 2.05) is 0 Å². The van der Waals surface area contributed by atoms with E-state index in [0.29, 0.717) is 0 Å². The minimum atomic E-state index is -1.62. The van der Waals surface area contributed by atoms with Crippen molar-refractivity contribution in [3.63, 3.8) is 0 Å². The molecule has 0 saturated heterocycles. The molecule has 0 spiro atoms. The summed E-state index contributed by atoms with van der Waals surface area (Å²) in [4.78, 5) is 70.0. The van der Waals surface area contributed by atoms with Crippen molar-refractivity contribution in [3.8, 4) is 22.3 Å². The Morgan fingerprint density at radius 2 is 0.639 bits per heavy atom. The Labute approximate surface area is 199 Å². The molecule has 0 saturated carbocycles. The summed E-state index contributed by atoms with van der Waals surface area (Å²) < 4.78 is 0. The van der Waals surface area contributed by atoms with Crippen molar-refractivity contribution in [1.29, 1.82) is 0 Å². The molecule has 182 valence electrons. The lowest BCUT2D eigenvalue weighted by Crippen LogP contribution is -2.09. The van der Waals surface area contributed by atoms with E-state index in [9.17, 15) is 59.4 Å². The standard InChI is InChI=1S/C24H14O12/c25-19(26)11-1-9(2-12(5-11)20(27)28)15-7-16(18(24(35)36)8-17(15)23(33)34)10-3-13(21(29)30)6-14(4-10)22(31)32/h1-8H,(H,25,26)(H,27,28)(H,29,30)(H,31,32)(H,33,34)(H,35,36). The molecule has 12 nitrogen and oxygen atoms in total. The summed E-state index contributed by atoms with van der Waals surface area (Å²) >= 11 is 0. The minimum absolute atomic E-state index is 0.198. The predicted molar refractivity (Wildman–Crippen MR) is 119 cm³/mol. The molecule has 0 radical (unpaired) electrons. The first kappa shape index (κ1) is 25.1. The van der Waals surface area contributed by atoms with Crippen LogP contribution in [0.5, 0.6) is 0 Å². The summed E-state index contributed by atoms with van der Waals surface area (Å²) in [6.45, 7) is 0. The molecule has 0 aliphatic carbocycles. The Morgan fingerprint density at radius 3 is 0.861 bits per heavy atom. The zero-order chi connectivity index (χ0) is 26.9. The first-order chi connectivity index (χ1) is 16.8. The Morgan fingerprint density at radius 1 is 0.361 bits per heavy atom. The van der Waals surface area contributed by atoms with Crippen LogP contribution in [0.2, 0.25) is 0 Å². The van der Waals surface area contributed by atoms with Gasteiger partial charge in [-0.05, 0) is 70.8 Å². The molecule has 6 N–H and O–H groups in total. The Bertz CT molecular complexity index is 1330. The van der Waals surface area contributed by atoms with Gasteiger partial charge in [0.2, 0.25) is 0 Å². The summed E-state index contributed by atoms with van der Waals surface area (Å²) in [5.41, 5.74) is -4.19. The summed E-state index contributed by atoms with van der Waals surface area (Å²) in [7, 11) is 0. The lowest BCUT2D eigenvalue weighted by Gasteiger charge is -2.15. The Kier molecular flexibility index (Phi) is 6.54. The molecular formula is C24H14O12. The number of rotatable bonds is 8. The van der Waals surface area contributed by atoms with Gasteiger partial charge in [-0.1, -0.05) is 0 Å². The van der Waals surface area contributed by atoms with Gasteiger partial charge in [-0.3, -0.25) is 0 Å². The molecule has 0 unspecified atom stereocenters. The molecule has 0 amide bonds. The van der Waals surface area contributed by atoms with Crippen molar-refractivity contribution < 1.29 is 59.4 Å². The molecule has 0 aromatic heterocycles. The third kappa shape index (κ3) is 4.87. The zero-order valence-electron chi connectivity index (χ0n) is 17.8. The van der Waals surface area contributed by atoms with E-state index in [1.165, 1.54) is 0 Å². The van der Waals surface area contributed by atoms with Crippen LogP contribution in [0.4, 0.5) is 0 Å². The molecule has 3 aromatic carbocycles. The van der Waals surface area contributed by atoms with Gasteiger partial charge in [-0.25, -0.2) is 28.8 Å². The zero-order valence-corrected chi connectivity index (χ0v) is 17.8. The van der Waals surface area contributed by atoms with Gasteiger partial charge in [0.25, 0.3) is 0 Å².